The number of ether oxygens (including phenoxy) is 1. The highest BCUT2D eigenvalue weighted by Crippen LogP contribution is 2.16. The predicted octanol–water partition coefficient (Wildman–Crippen LogP) is 18.4. The Hall–Kier alpha value is -1.92. The van der Waals surface area contributed by atoms with Crippen LogP contribution in [0, 0.1) is 0 Å². The third-order valence-electron chi connectivity index (χ3n) is 13.6. The maximum absolute atomic E-state index is 12.5. The van der Waals surface area contributed by atoms with Gasteiger partial charge in [-0.25, -0.2) is 0 Å². The van der Waals surface area contributed by atoms with E-state index in [1.54, 1.807) is 6.08 Å². The van der Waals surface area contributed by atoms with Gasteiger partial charge in [-0.2, -0.15) is 0 Å². The van der Waals surface area contributed by atoms with E-state index in [0.717, 1.165) is 57.8 Å². The molecule has 1 amide bonds. The SMILES string of the molecule is CCCCCCC/C=C\CCCCCCCC(=O)OCCCCCCCC/C=C\CCCCCCCCCC(=O)NC(CO)C(O)/C=C/CCCCCCCCCCCCCCCCCCC. The van der Waals surface area contributed by atoms with E-state index in [2.05, 4.69) is 43.5 Å². The van der Waals surface area contributed by atoms with Gasteiger partial charge in [0.1, 0.15) is 0 Å². The van der Waals surface area contributed by atoms with Crippen LogP contribution in [0.4, 0.5) is 0 Å². The zero-order valence-corrected chi connectivity index (χ0v) is 44.9. The number of rotatable bonds is 55. The Morgan fingerprint density at radius 3 is 1.06 bits per heavy atom. The number of unbranched alkanes of at least 4 members (excludes halogenated alkanes) is 40. The Labute approximate surface area is 417 Å². The fourth-order valence-corrected chi connectivity index (χ4v) is 9.03. The molecule has 394 valence electrons. The third kappa shape index (κ3) is 53.3. The minimum atomic E-state index is -0.853. The molecule has 67 heavy (non-hydrogen) atoms. The van der Waals surface area contributed by atoms with E-state index in [9.17, 15) is 19.8 Å². The van der Waals surface area contributed by atoms with Crippen molar-refractivity contribution >= 4 is 11.9 Å². The molecule has 0 aliphatic heterocycles. The summed E-state index contributed by atoms with van der Waals surface area (Å²) in [4.78, 5) is 24.5. The molecule has 0 radical (unpaired) electrons. The number of hydrogen-bond donors (Lipinski definition) is 3. The second-order valence-corrected chi connectivity index (χ2v) is 20.3. The van der Waals surface area contributed by atoms with E-state index in [1.165, 1.54) is 231 Å². The van der Waals surface area contributed by atoms with Crippen LogP contribution >= 0.6 is 0 Å². The fourth-order valence-electron chi connectivity index (χ4n) is 9.03. The zero-order chi connectivity index (χ0) is 48.6. The highest BCUT2D eigenvalue weighted by Gasteiger charge is 2.18. The number of aliphatic hydroxyl groups is 2. The molecule has 0 spiro atoms. The second kappa shape index (κ2) is 56.7. The maximum Gasteiger partial charge on any atom is 0.305 e. The van der Waals surface area contributed by atoms with Crippen LogP contribution in [0.2, 0.25) is 0 Å². The van der Waals surface area contributed by atoms with Crippen molar-refractivity contribution < 1.29 is 24.5 Å². The van der Waals surface area contributed by atoms with Gasteiger partial charge in [0.15, 0.2) is 0 Å². The molecular weight excluding hydrogens is 827 g/mol. The van der Waals surface area contributed by atoms with Crippen molar-refractivity contribution in [1.82, 2.24) is 5.32 Å². The minimum Gasteiger partial charge on any atom is -0.466 e. The molecule has 0 fully saturated rings. The van der Waals surface area contributed by atoms with Crippen molar-refractivity contribution in [3.05, 3.63) is 36.5 Å². The molecule has 0 saturated carbocycles. The highest BCUT2D eigenvalue weighted by molar-refractivity contribution is 5.76. The van der Waals surface area contributed by atoms with Gasteiger partial charge in [-0.05, 0) is 83.5 Å². The van der Waals surface area contributed by atoms with Crippen LogP contribution in [-0.4, -0.2) is 47.4 Å². The number of carbonyl (C=O) groups excluding carboxylic acids is 2. The average Bonchev–Trinajstić information content (AvgIpc) is 3.33. The van der Waals surface area contributed by atoms with Gasteiger partial charge >= 0.3 is 5.97 Å². The number of aliphatic hydroxyl groups excluding tert-OH is 2. The molecule has 6 heteroatoms. The minimum absolute atomic E-state index is 0.0113. The molecule has 0 aromatic rings. The van der Waals surface area contributed by atoms with E-state index in [-0.39, 0.29) is 18.5 Å². The van der Waals surface area contributed by atoms with Gasteiger partial charge < -0.3 is 20.3 Å². The smallest absolute Gasteiger partial charge is 0.305 e. The summed E-state index contributed by atoms with van der Waals surface area (Å²) >= 11 is 0. The predicted molar refractivity (Wildman–Crippen MR) is 292 cm³/mol. The van der Waals surface area contributed by atoms with Gasteiger partial charge in [0, 0.05) is 12.8 Å². The van der Waals surface area contributed by atoms with E-state index in [0.29, 0.717) is 19.4 Å². The molecule has 6 nitrogen and oxygen atoms in total. The first kappa shape index (κ1) is 65.1. The van der Waals surface area contributed by atoms with Gasteiger partial charge in [-0.1, -0.05) is 256 Å². The summed E-state index contributed by atoms with van der Waals surface area (Å²) in [5.41, 5.74) is 0. The summed E-state index contributed by atoms with van der Waals surface area (Å²) in [6.45, 7) is 4.88. The van der Waals surface area contributed by atoms with Crippen LogP contribution in [0.5, 0.6) is 0 Å². The van der Waals surface area contributed by atoms with Crippen molar-refractivity contribution in [1.29, 1.82) is 0 Å². The van der Waals surface area contributed by atoms with Crippen molar-refractivity contribution in [2.24, 2.45) is 0 Å². The standard InChI is InChI=1S/C61H115NO5/c1-3-5-7-9-11-13-15-17-19-20-21-23-26-29-33-37-41-45-49-53-59(64)58(57-63)62-60(65)54-50-46-42-38-34-30-27-24-22-25-28-32-36-40-44-48-52-56-67-61(66)55-51-47-43-39-35-31-18-16-14-12-10-8-6-4-2/h16,18,22,25,49,53,58-59,63-64H,3-15,17,19-21,23-24,26-48,50-52,54-57H2,1-2H3,(H,62,65)/b18-16-,25-22-,53-49+. The first-order valence-corrected chi connectivity index (χ1v) is 29.8. The maximum atomic E-state index is 12.5. The largest absolute Gasteiger partial charge is 0.466 e. The van der Waals surface area contributed by atoms with Crippen molar-refractivity contribution in [3.63, 3.8) is 0 Å². The lowest BCUT2D eigenvalue weighted by atomic mass is 10.0. The monoisotopic (exact) mass is 942 g/mol. The summed E-state index contributed by atoms with van der Waals surface area (Å²) < 4.78 is 5.46. The molecule has 2 atom stereocenters. The van der Waals surface area contributed by atoms with E-state index >= 15 is 0 Å². The van der Waals surface area contributed by atoms with Crippen molar-refractivity contribution in [2.45, 2.75) is 328 Å². The van der Waals surface area contributed by atoms with Crippen LogP contribution in [0.3, 0.4) is 0 Å². The number of amides is 1. The van der Waals surface area contributed by atoms with E-state index < -0.39 is 12.1 Å². The van der Waals surface area contributed by atoms with Crippen LogP contribution in [0.25, 0.3) is 0 Å². The quantitative estimate of drug-likeness (QED) is 0.0321. The molecule has 0 aliphatic rings. The van der Waals surface area contributed by atoms with Crippen molar-refractivity contribution in [3.8, 4) is 0 Å². The van der Waals surface area contributed by atoms with Crippen LogP contribution in [0.15, 0.2) is 36.5 Å². The number of nitrogens with one attached hydrogen (secondary N) is 1. The first-order chi connectivity index (χ1) is 33.0. The summed E-state index contributed by atoms with van der Waals surface area (Å²) in [5.74, 6) is -0.0898. The van der Waals surface area contributed by atoms with E-state index in [4.69, 9.17) is 4.74 Å². The molecule has 3 N–H and O–H groups in total. The number of esters is 1. The lowest BCUT2D eigenvalue weighted by Gasteiger charge is -2.20. The molecule has 0 aromatic carbocycles. The Morgan fingerprint density at radius 1 is 0.403 bits per heavy atom. The molecule has 0 aromatic heterocycles. The Balaban J connectivity index is 3.50. The lowest BCUT2D eigenvalue weighted by molar-refractivity contribution is -0.143. The van der Waals surface area contributed by atoms with Gasteiger partial charge in [0.25, 0.3) is 0 Å². The molecule has 0 heterocycles. The Morgan fingerprint density at radius 2 is 0.701 bits per heavy atom. The van der Waals surface area contributed by atoms with Gasteiger partial charge in [0.05, 0.1) is 25.4 Å². The van der Waals surface area contributed by atoms with E-state index in [1.807, 2.05) is 6.08 Å². The average molecular weight is 943 g/mol. The van der Waals surface area contributed by atoms with Gasteiger partial charge in [-0.3, -0.25) is 9.59 Å². The molecular formula is C61H115NO5. The van der Waals surface area contributed by atoms with Gasteiger partial charge in [-0.15, -0.1) is 0 Å². The zero-order valence-electron chi connectivity index (χ0n) is 44.9. The molecule has 0 bridgehead atoms. The van der Waals surface area contributed by atoms with Gasteiger partial charge in [0.2, 0.25) is 5.91 Å². The molecule has 0 saturated heterocycles. The molecule has 0 rings (SSSR count). The summed E-state index contributed by atoms with van der Waals surface area (Å²) in [7, 11) is 0. The van der Waals surface area contributed by atoms with Crippen LogP contribution in [0.1, 0.15) is 316 Å². The number of carbonyl (C=O) groups is 2. The normalized spacial score (nSPS) is 12.8. The summed E-state index contributed by atoms with van der Waals surface area (Å²) in [5, 5.41) is 23.2. The topological polar surface area (TPSA) is 95.9 Å². The first-order valence-electron chi connectivity index (χ1n) is 29.8. The summed E-state index contributed by atoms with van der Waals surface area (Å²) in [6.07, 6.45) is 70.2. The Kier molecular flexibility index (Phi) is 55.0. The highest BCUT2D eigenvalue weighted by atomic mass is 16.5. The molecule has 0 aliphatic carbocycles. The summed E-state index contributed by atoms with van der Waals surface area (Å²) in [6, 6.07) is -0.638. The second-order valence-electron chi connectivity index (χ2n) is 20.3. The molecule has 2 unspecified atom stereocenters. The van der Waals surface area contributed by atoms with Crippen LogP contribution in [-0.2, 0) is 14.3 Å². The number of hydrogen-bond acceptors (Lipinski definition) is 5. The fraction of sp³-hybridized carbons (Fsp3) is 0.869. The third-order valence-corrected chi connectivity index (χ3v) is 13.6. The lowest BCUT2D eigenvalue weighted by Crippen LogP contribution is -2.45. The number of allylic oxidation sites excluding steroid dienone is 5. The Bertz CT molecular complexity index is 1090. The van der Waals surface area contributed by atoms with Crippen molar-refractivity contribution in [2.75, 3.05) is 13.2 Å². The van der Waals surface area contributed by atoms with Crippen LogP contribution < -0.4 is 5.32 Å².